The normalized spacial score (nSPS) is 22.4. The zero-order chi connectivity index (χ0) is 14.8. The van der Waals surface area contributed by atoms with Crippen LogP contribution in [-0.2, 0) is 0 Å². The maximum atomic E-state index is 3.47. The molecule has 0 atom stereocenters. The number of benzene rings is 1. The third-order valence-corrected chi connectivity index (χ3v) is 5.56. The molecule has 0 radical (unpaired) electrons. The van der Waals surface area contributed by atoms with E-state index in [0.29, 0.717) is 6.04 Å². The number of hydrogen-bond acceptors (Lipinski definition) is 2. The third-order valence-electron chi connectivity index (χ3n) is 5.56. The van der Waals surface area contributed by atoms with Crippen molar-refractivity contribution < 1.29 is 0 Å². The second-order valence-electron chi connectivity index (χ2n) is 7.01. The lowest BCUT2D eigenvalue weighted by Gasteiger charge is -2.36. The van der Waals surface area contributed by atoms with E-state index in [-0.39, 0.29) is 0 Å². The Morgan fingerprint density at radius 2 is 1.73 bits per heavy atom. The van der Waals surface area contributed by atoms with Crippen LogP contribution >= 0.6 is 0 Å². The molecule has 118 valence electrons. The molecule has 2 aliphatic rings. The molecule has 3 heterocycles. The first-order valence-electron chi connectivity index (χ1n) is 8.89. The van der Waals surface area contributed by atoms with Crippen molar-refractivity contribution in [2.24, 2.45) is 5.92 Å². The fraction of sp³-hybridized carbons (Fsp3) is 0.579. The lowest BCUT2D eigenvalue weighted by Crippen LogP contribution is -2.40. The topological polar surface area (TPSA) is 20.2 Å². The molecule has 3 nitrogen and oxygen atoms in total. The largest absolute Gasteiger partial charge is 0.344 e. The summed E-state index contributed by atoms with van der Waals surface area (Å²) in [4.78, 5) is 2.71. The second kappa shape index (κ2) is 6.43. The Kier molecular flexibility index (Phi) is 4.17. The van der Waals surface area contributed by atoms with Crippen molar-refractivity contribution >= 4 is 10.9 Å². The molecule has 3 heteroatoms. The summed E-state index contributed by atoms with van der Waals surface area (Å²) in [7, 11) is 0. The Hall–Kier alpha value is -1.32. The molecule has 0 bridgehead atoms. The van der Waals surface area contributed by atoms with Crippen LogP contribution in [0.2, 0.25) is 0 Å². The number of piperidine rings is 2. The Bertz CT molecular complexity index is 604. The van der Waals surface area contributed by atoms with E-state index in [2.05, 4.69) is 51.3 Å². The number of rotatable bonds is 3. The number of nitrogens with zero attached hydrogens (tertiary/aromatic N) is 2. The standard InChI is InChI=1S/C19H27N3/c1-2-4-19-17(3-1)7-14-22(19)18-8-12-21(13-9-18)15-16-5-10-20-11-6-16/h1-4,7,14,16,18,20H,5-6,8-13,15H2. The first-order chi connectivity index (χ1) is 10.9. The summed E-state index contributed by atoms with van der Waals surface area (Å²) < 4.78 is 2.51. The minimum absolute atomic E-state index is 0.684. The van der Waals surface area contributed by atoms with Crippen LogP contribution in [0.25, 0.3) is 10.9 Å². The van der Waals surface area contributed by atoms with Crippen molar-refractivity contribution in [2.75, 3.05) is 32.7 Å². The van der Waals surface area contributed by atoms with Gasteiger partial charge in [0.25, 0.3) is 0 Å². The van der Waals surface area contributed by atoms with Crippen LogP contribution in [0.15, 0.2) is 36.5 Å². The fourth-order valence-electron chi connectivity index (χ4n) is 4.23. The van der Waals surface area contributed by atoms with Crippen LogP contribution < -0.4 is 5.32 Å². The van der Waals surface area contributed by atoms with Crippen LogP contribution in [-0.4, -0.2) is 42.2 Å². The minimum atomic E-state index is 0.684. The quantitative estimate of drug-likeness (QED) is 0.938. The number of nitrogens with one attached hydrogen (secondary N) is 1. The molecule has 2 aromatic rings. The maximum absolute atomic E-state index is 3.47. The number of para-hydroxylation sites is 1. The molecule has 2 saturated heterocycles. The second-order valence-corrected chi connectivity index (χ2v) is 7.01. The van der Waals surface area contributed by atoms with Gasteiger partial charge >= 0.3 is 0 Å². The van der Waals surface area contributed by atoms with Gasteiger partial charge in [0.15, 0.2) is 0 Å². The molecular formula is C19H27N3. The third kappa shape index (κ3) is 2.92. The fourth-order valence-corrected chi connectivity index (χ4v) is 4.23. The Morgan fingerprint density at radius 3 is 2.55 bits per heavy atom. The van der Waals surface area contributed by atoms with E-state index in [0.717, 1.165) is 5.92 Å². The summed E-state index contributed by atoms with van der Waals surface area (Å²) in [5, 5.41) is 4.85. The molecular weight excluding hydrogens is 270 g/mol. The van der Waals surface area contributed by atoms with E-state index in [1.165, 1.54) is 69.3 Å². The number of hydrogen-bond donors (Lipinski definition) is 1. The van der Waals surface area contributed by atoms with Gasteiger partial charge in [0.2, 0.25) is 0 Å². The van der Waals surface area contributed by atoms with Crippen LogP contribution in [0.3, 0.4) is 0 Å². The van der Waals surface area contributed by atoms with Gasteiger partial charge in [0.05, 0.1) is 0 Å². The lowest BCUT2D eigenvalue weighted by atomic mass is 9.96. The highest BCUT2D eigenvalue weighted by molar-refractivity contribution is 5.80. The van der Waals surface area contributed by atoms with Gasteiger partial charge in [-0.05, 0) is 62.2 Å². The SMILES string of the molecule is c1ccc2c(c1)ccn2C1CCN(CC2CCNCC2)CC1. The predicted octanol–water partition coefficient (Wildman–Crippen LogP) is 3.28. The van der Waals surface area contributed by atoms with Gasteiger partial charge in [-0.15, -0.1) is 0 Å². The molecule has 0 amide bonds. The van der Waals surface area contributed by atoms with Crippen molar-refractivity contribution in [3.63, 3.8) is 0 Å². The molecule has 2 aliphatic heterocycles. The lowest BCUT2D eigenvalue weighted by molar-refractivity contribution is 0.152. The molecule has 0 aliphatic carbocycles. The summed E-state index contributed by atoms with van der Waals surface area (Å²) in [6, 6.07) is 11.7. The zero-order valence-corrected chi connectivity index (χ0v) is 13.4. The van der Waals surface area contributed by atoms with Crippen LogP contribution in [0.1, 0.15) is 31.7 Å². The van der Waals surface area contributed by atoms with Crippen molar-refractivity contribution in [3.05, 3.63) is 36.5 Å². The van der Waals surface area contributed by atoms with E-state index >= 15 is 0 Å². The Labute approximate surface area is 133 Å². The molecule has 2 fully saturated rings. The monoisotopic (exact) mass is 297 g/mol. The molecule has 22 heavy (non-hydrogen) atoms. The van der Waals surface area contributed by atoms with E-state index in [9.17, 15) is 0 Å². The summed E-state index contributed by atoms with van der Waals surface area (Å²) in [6.45, 7) is 6.29. The molecule has 1 aromatic heterocycles. The van der Waals surface area contributed by atoms with E-state index < -0.39 is 0 Å². The Balaban J connectivity index is 1.37. The van der Waals surface area contributed by atoms with Crippen molar-refractivity contribution in [1.29, 1.82) is 0 Å². The molecule has 4 rings (SSSR count). The van der Waals surface area contributed by atoms with Gasteiger partial charge in [0, 0.05) is 37.4 Å². The summed E-state index contributed by atoms with van der Waals surface area (Å²) in [5.74, 6) is 0.921. The molecule has 0 saturated carbocycles. The summed E-state index contributed by atoms with van der Waals surface area (Å²) in [5.41, 5.74) is 1.40. The first kappa shape index (κ1) is 14.3. The average molecular weight is 297 g/mol. The van der Waals surface area contributed by atoms with Gasteiger partial charge < -0.3 is 14.8 Å². The minimum Gasteiger partial charge on any atom is -0.344 e. The van der Waals surface area contributed by atoms with Crippen LogP contribution in [0.4, 0.5) is 0 Å². The molecule has 0 unspecified atom stereocenters. The highest BCUT2D eigenvalue weighted by atomic mass is 15.2. The highest BCUT2D eigenvalue weighted by Gasteiger charge is 2.23. The first-order valence-corrected chi connectivity index (χ1v) is 8.89. The maximum Gasteiger partial charge on any atom is 0.0482 e. The number of aromatic nitrogens is 1. The summed E-state index contributed by atoms with van der Waals surface area (Å²) >= 11 is 0. The summed E-state index contributed by atoms with van der Waals surface area (Å²) in [6.07, 6.45) is 7.61. The predicted molar refractivity (Wildman–Crippen MR) is 92.2 cm³/mol. The van der Waals surface area contributed by atoms with Gasteiger partial charge in [0.1, 0.15) is 0 Å². The van der Waals surface area contributed by atoms with Gasteiger partial charge in [-0.2, -0.15) is 0 Å². The van der Waals surface area contributed by atoms with E-state index in [1.54, 1.807) is 0 Å². The van der Waals surface area contributed by atoms with Crippen LogP contribution in [0, 0.1) is 5.92 Å². The Morgan fingerprint density at radius 1 is 0.955 bits per heavy atom. The van der Waals surface area contributed by atoms with E-state index in [4.69, 9.17) is 0 Å². The smallest absolute Gasteiger partial charge is 0.0482 e. The average Bonchev–Trinajstić information content (AvgIpc) is 3.01. The number of fused-ring (bicyclic) bond motifs is 1. The highest BCUT2D eigenvalue weighted by Crippen LogP contribution is 2.28. The van der Waals surface area contributed by atoms with E-state index in [1.807, 2.05) is 0 Å². The van der Waals surface area contributed by atoms with Crippen molar-refractivity contribution in [2.45, 2.75) is 31.7 Å². The molecule has 1 N–H and O–H groups in total. The molecule has 0 spiro atoms. The van der Waals surface area contributed by atoms with Gasteiger partial charge in [-0.25, -0.2) is 0 Å². The van der Waals surface area contributed by atoms with Gasteiger partial charge in [-0.3, -0.25) is 0 Å². The van der Waals surface area contributed by atoms with Crippen LogP contribution in [0.5, 0.6) is 0 Å². The zero-order valence-electron chi connectivity index (χ0n) is 13.4. The number of likely N-dealkylation sites (tertiary alicyclic amines) is 1. The van der Waals surface area contributed by atoms with Crippen molar-refractivity contribution in [1.82, 2.24) is 14.8 Å². The van der Waals surface area contributed by atoms with Gasteiger partial charge in [-0.1, -0.05) is 18.2 Å². The van der Waals surface area contributed by atoms with Crippen molar-refractivity contribution in [3.8, 4) is 0 Å². The molecule has 1 aromatic carbocycles.